The van der Waals surface area contributed by atoms with Gasteiger partial charge in [-0.3, -0.25) is 9.69 Å². The molecular weight excluding hydrogens is 285 g/mol. The summed E-state index contributed by atoms with van der Waals surface area (Å²) in [4.78, 5) is 14.0. The van der Waals surface area contributed by atoms with Crippen LogP contribution < -0.4 is 0 Å². The van der Waals surface area contributed by atoms with E-state index in [1.54, 1.807) is 24.5 Å². The van der Waals surface area contributed by atoms with Crippen molar-refractivity contribution >= 4 is 29.0 Å². The second-order valence-corrected chi connectivity index (χ2v) is 5.14. The van der Waals surface area contributed by atoms with Gasteiger partial charge in [0.25, 0.3) is 0 Å². The molecule has 0 bridgehead atoms. The fourth-order valence-electron chi connectivity index (χ4n) is 1.77. The molecule has 0 saturated carbocycles. The Morgan fingerprint density at radius 2 is 2.11 bits per heavy atom. The molecule has 1 aromatic carbocycles. The van der Waals surface area contributed by atoms with Crippen molar-refractivity contribution in [3.63, 3.8) is 0 Å². The van der Waals surface area contributed by atoms with Crippen LogP contribution in [0.1, 0.15) is 16.1 Å². The first-order valence-corrected chi connectivity index (χ1v) is 6.51. The highest BCUT2D eigenvalue weighted by Crippen LogP contribution is 2.21. The number of Topliss-reactive ketones (excluding diaryl/α,β-unsaturated/α-hetero) is 1. The van der Waals surface area contributed by atoms with E-state index in [1.807, 2.05) is 24.1 Å². The van der Waals surface area contributed by atoms with Gasteiger partial charge in [-0.05, 0) is 37.4 Å². The SMILES string of the molecule is CN(CC(=O)c1cc(Cl)ccc1Cl)Cc1ccco1. The minimum atomic E-state index is -0.0680. The van der Waals surface area contributed by atoms with Crippen LogP contribution in [0.4, 0.5) is 0 Å². The normalized spacial score (nSPS) is 10.9. The first-order chi connectivity index (χ1) is 9.06. The van der Waals surface area contributed by atoms with Gasteiger partial charge in [-0.1, -0.05) is 23.2 Å². The van der Waals surface area contributed by atoms with Crippen molar-refractivity contribution in [1.29, 1.82) is 0 Å². The van der Waals surface area contributed by atoms with Crippen molar-refractivity contribution in [2.24, 2.45) is 0 Å². The van der Waals surface area contributed by atoms with Crippen molar-refractivity contribution in [3.05, 3.63) is 58.0 Å². The summed E-state index contributed by atoms with van der Waals surface area (Å²) >= 11 is 11.9. The van der Waals surface area contributed by atoms with Crippen molar-refractivity contribution in [2.45, 2.75) is 6.54 Å². The van der Waals surface area contributed by atoms with Crippen LogP contribution in [-0.4, -0.2) is 24.3 Å². The summed E-state index contributed by atoms with van der Waals surface area (Å²) in [7, 11) is 1.85. The Balaban J connectivity index is 2.02. The third-order valence-electron chi connectivity index (χ3n) is 2.65. The molecule has 0 saturated heterocycles. The molecule has 0 amide bonds. The smallest absolute Gasteiger partial charge is 0.178 e. The summed E-state index contributed by atoms with van der Waals surface area (Å²) in [6, 6.07) is 8.57. The van der Waals surface area contributed by atoms with E-state index in [4.69, 9.17) is 27.6 Å². The Labute approximate surface area is 121 Å². The third-order valence-corrected chi connectivity index (χ3v) is 3.21. The molecule has 0 N–H and O–H groups in total. The molecule has 100 valence electrons. The van der Waals surface area contributed by atoms with Crippen LogP contribution in [0.15, 0.2) is 41.0 Å². The Bertz CT molecular complexity index is 567. The Kier molecular flexibility index (Phi) is 4.64. The maximum absolute atomic E-state index is 12.1. The number of halogens is 2. The van der Waals surface area contributed by atoms with Crippen molar-refractivity contribution in [2.75, 3.05) is 13.6 Å². The number of ketones is 1. The number of carbonyl (C=O) groups excluding carboxylic acids is 1. The number of benzene rings is 1. The number of nitrogens with zero attached hydrogens (tertiary/aromatic N) is 1. The number of carbonyl (C=O) groups is 1. The minimum absolute atomic E-state index is 0.0680. The van der Waals surface area contributed by atoms with Crippen LogP contribution in [0.2, 0.25) is 10.0 Å². The summed E-state index contributed by atoms with van der Waals surface area (Å²) in [6.07, 6.45) is 1.61. The zero-order valence-electron chi connectivity index (χ0n) is 10.4. The molecule has 2 rings (SSSR count). The number of hydrogen-bond acceptors (Lipinski definition) is 3. The van der Waals surface area contributed by atoms with Crippen LogP contribution in [0.5, 0.6) is 0 Å². The molecule has 0 aliphatic carbocycles. The molecule has 0 aliphatic heterocycles. The van der Waals surface area contributed by atoms with Gasteiger partial charge in [0.1, 0.15) is 5.76 Å². The number of furan rings is 1. The summed E-state index contributed by atoms with van der Waals surface area (Å²) in [5.41, 5.74) is 0.445. The summed E-state index contributed by atoms with van der Waals surface area (Å²) in [5, 5.41) is 0.919. The van der Waals surface area contributed by atoms with Gasteiger partial charge in [0.15, 0.2) is 5.78 Å². The van der Waals surface area contributed by atoms with Gasteiger partial charge < -0.3 is 4.42 Å². The summed E-state index contributed by atoms with van der Waals surface area (Å²) < 4.78 is 5.23. The van der Waals surface area contributed by atoms with E-state index in [2.05, 4.69) is 0 Å². The van der Waals surface area contributed by atoms with Crippen LogP contribution in [0, 0.1) is 0 Å². The first kappa shape index (κ1) is 14.1. The minimum Gasteiger partial charge on any atom is -0.468 e. The van der Waals surface area contributed by atoms with Crippen molar-refractivity contribution in [3.8, 4) is 0 Å². The number of hydrogen-bond donors (Lipinski definition) is 0. The lowest BCUT2D eigenvalue weighted by atomic mass is 10.1. The largest absolute Gasteiger partial charge is 0.468 e. The van der Waals surface area contributed by atoms with Gasteiger partial charge in [0.05, 0.1) is 24.4 Å². The molecule has 2 aromatic rings. The molecule has 0 radical (unpaired) electrons. The average Bonchev–Trinajstić information content (AvgIpc) is 2.84. The monoisotopic (exact) mass is 297 g/mol. The molecule has 1 heterocycles. The van der Waals surface area contributed by atoms with E-state index in [9.17, 15) is 4.79 Å². The first-order valence-electron chi connectivity index (χ1n) is 5.75. The standard InChI is InChI=1S/C14H13Cl2NO2/c1-17(8-11-3-2-6-19-11)9-14(18)12-7-10(15)4-5-13(12)16/h2-7H,8-9H2,1H3. The fraction of sp³-hybridized carbons (Fsp3) is 0.214. The molecule has 0 fully saturated rings. The highest BCUT2D eigenvalue weighted by Gasteiger charge is 2.14. The van der Waals surface area contributed by atoms with E-state index in [0.29, 0.717) is 22.2 Å². The van der Waals surface area contributed by atoms with Crippen LogP contribution in [0.3, 0.4) is 0 Å². The Morgan fingerprint density at radius 3 is 2.79 bits per heavy atom. The third kappa shape index (κ3) is 3.83. The summed E-state index contributed by atoms with van der Waals surface area (Å²) in [6.45, 7) is 0.817. The van der Waals surface area contributed by atoms with E-state index >= 15 is 0 Å². The van der Waals surface area contributed by atoms with Crippen LogP contribution in [-0.2, 0) is 6.54 Å². The van der Waals surface area contributed by atoms with E-state index < -0.39 is 0 Å². The molecule has 1 aromatic heterocycles. The number of likely N-dealkylation sites (N-methyl/N-ethyl adjacent to an activating group) is 1. The van der Waals surface area contributed by atoms with Gasteiger partial charge >= 0.3 is 0 Å². The maximum atomic E-state index is 12.1. The van der Waals surface area contributed by atoms with Gasteiger partial charge in [0.2, 0.25) is 0 Å². The Hall–Kier alpha value is -1.29. The van der Waals surface area contributed by atoms with Gasteiger partial charge in [0, 0.05) is 10.6 Å². The lowest BCUT2D eigenvalue weighted by Crippen LogP contribution is -2.25. The van der Waals surface area contributed by atoms with E-state index in [1.165, 1.54) is 0 Å². The zero-order chi connectivity index (χ0) is 13.8. The highest BCUT2D eigenvalue weighted by molar-refractivity contribution is 6.36. The van der Waals surface area contributed by atoms with Crippen LogP contribution >= 0.6 is 23.2 Å². The molecule has 0 spiro atoms. The van der Waals surface area contributed by atoms with E-state index in [0.717, 1.165) is 5.76 Å². The lowest BCUT2D eigenvalue weighted by Gasteiger charge is -2.14. The predicted molar refractivity (Wildman–Crippen MR) is 75.8 cm³/mol. The Morgan fingerprint density at radius 1 is 1.32 bits per heavy atom. The van der Waals surface area contributed by atoms with Crippen molar-refractivity contribution in [1.82, 2.24) is 4.90 Å². The molecule has 0 unspecified atom stereocenters. The maximum Gasteiger partial charge on any atom is 0.178 e. The molecule has 19 heavy (non-hydrogen) atoms. The zero-order valence-corrected chi connectivity index (χ0v) is 11.9. The van der Waals surface area contributed by atoms with E-state index in [-0.39, 0.29) is 12.3 Å². The quantitative estimate of drug-likeness (QED) is 0.785. The molecule has 3 nitrogen and oxygen atoms in total. The topological polar surface area (TPSA) is 33.5 Å². The van der Waals surface area contributed by atoms with Gasteiger partial charge in [-0.2, -0.15) is 0 Å². The highest BCUT2D eigenvalue weighted by atomic mass is 35.5. The molecule has 0 atom stereocenters. The lowest BCUT2D eigenvalue weighted by molar-refractivity contribution is 0.0940. The predicted octanol–water partition coefficient (Wildman–Crippen LogP) is 3.90. The average molecular weight is 298 g/mol. The summed E-state index contributed by atoms with van der Waals surface area (Å²) in [5.74, 6) is 0.744. The van der Waals surface area contributed by atoms with Gasteiger partial charge in [-0.15, -0.1) is 0 Å². The van der Waals surface area contributed by atoms with Crippen LogP contribution in [0.25, 0.3) is 0 Å². The molecule has 0 aliphatic rings. The molecular formula is C14H13Cl2NO2. The van der Waals surface area contributed by atoms with Crippen molar-refractivity contribution < 1.29 is 9.21 Å². The number of rotatable bonds is 5. The second-order valence-electron chi connectivity index (χ2n) is 4.30. The fourth-order valence-corrected chi connectivity index (χ4v) is 2.16. The van der Waals surface area contributed by atoms with Gasteiger partial charge in [-0.25, -0.2) is 0 Å². The second kappa shape index (κ2) is 6.24. The molecule has 5 heteroatoms.